The lowest BCUT2D eigenvalue weighted by Gasteiger charge is -1.90. The molecule has 3 nitrogen and oxygen atoms in total. The van der Waals surface area contributed by atoms with Gasteiger partial charge in [0, 0.05) is 10.4 Å². The number of rotatable bonds is 2. The summed E-state index contributed by atoms with van der Waals surface area (Å²) in [5, 5.41) is 8.87. The Bertz CT molecular complexity index is 562. The summed E-state index contributed by atoms with van der Waals surface area (Å²) >= 11 is 14.1. The zero-order valence-electron chi connectivity index (χ0n) is 7.66. The summed E-state index contributed by atoms with van der Waals surface area (Å²) in [6, 6.07) is 3.30. The lowest BCUT2D eigenvalue weighted by molar-refractivity contribution is 0.0703. The summed E-state index contributed by atoms with van der Waals surface area (Å²) < 4.78 is 1.09. The average molecular weight is 294 g/mol. The molecule has 0 radical (unpaired) electrons. The summed E-state index contributed by atoms with van der Waals surface area (Å²) in [5.41, 5.74) is 6.56. The van der Waals surface area contributed by atoms with Crippen molar-refractivity contribution in [3.63, 3.8) is 0 Å². The number of hydrogen-bond donors (Lipinski definition) is 2. The van der Waals surface area contributed by atoms with E-state index < -0.39 is 5.97 Å². The first kappa shape index (κ1) is 11.7. The standard InChI is InChI=1S/C9H5Cl2NO2S2/c10-6-1-3(8(11)16-6)5-2-4(12)7(15-5)9(13)14/h1-2H,12H2,(H,13,14). The van der Waals surface area contributed by atoms with E-state index in [1.807, 2.05) is 0 Å². The Labute approximate surface area is 109 Å². The van der Waals surface area contributed by atoms with Crippen molar-refractivity contribution in [2.24, 2.45) is 0 Å². The van der Waals surface area contributed by atoms with Gasteiger partial charge in [0.2, 0.25) is 0 Å². The minimum absolute atomic E-state index is 0.119. The zero-order chi connectivity index (χ0) is 11.9. The van der Waals surface area contributed by atoms with Crippen molar-refractivity contribution in [1.29, 1.82) is 0 Å². The molecule has 16 heavy (non-hydrogen) atoms. The molecule has 0 saturated heterocycles. The Kier molecular flexibility index (Phi) is 3.12. The Balaban J connectivity index is 2.53. The van der Waals surface area contributed by atoms with Crippen LogP contribution in [0.25, 0.3) is 10.4 Å². The molecule has 2 heterocycles. The molecule has 0 saturated carbocycles. The van der Waals surface area contributed by atoms with Crippen LogP contribution in [0, 0.1) is 0 Å². The predicted molar refractivity (Wildman–Crippen MR) is 69.0 cm³/mol. The molecule has 2 aromatic heterocycles. The van der Waals surface area contributed by atoms with Gasteiger partial charge >= 0.3 is 5.97 Å². The van der Waals surface area contributed by atoms with Crippen LogP contribution in [0.4, 0.5) is 5.69 Å². The molecule has 0 bridgehead atoms. The minimum Gasteiger partial charge on any atom is -0.477 e. The van der Waals surface area contributed by atoms with E-state index >= 15 is 0 Å². The molecule has 0 amide bonds. The first-order chi connectivity index (χ1) is 7.49. The molecule has 0 aliphatic heterocycles. The van der Waals surface area contributed by atoms with E-state index in [0.717, 1.165) is 16.9 Å². The molecule has 2 rings (SSSR count). The first-order valence-corrected chi connectivity index (χ1v) is 6.45. The summed E-state index contributed by atoms with van der Waals surface area (Å²) in [5.74, 6) is -1.04. The van der Waals surface area contributed by atoms with Crippen LogP contribution in [0.5, 0.6) is 0 Å². The Morgan fingerprint density at radius 2 is 2.00 bits per heavy atom. The molecular weight excluding hydrogens is 289 g/mol. The summed E-state index contributed by atoms with van der Waals surface area (Å²) in [6.45, 7) is 0. The highest BCUT2D eigenvalue weighted by Crippen LogP contribution is 2.42. The van der Waals surface area contributed by atoms with Gasteiger partial charge in [-0.25, -0.2) is 4.79 Å². The molecule has 0 aromatic carbocycles. The average Bonchev–Trinajstić information content (AvgIpc) is 2.69. The lowest BCUT2D eigenvalue weighted by Crippen LogP contribution is -1.96. The molecular formula is C9H5Cl2NO2S2. The number of halogens is 2. The van der Waals surface area contributed by atoms with Crippen molar-refractivity contribution in [2.75, 3.05) is 5.73 Å². The van der Waals surface area contributed by atoms with Crippen molar-refractivity contribution >= 4 is 57.5 Å². The molecule has 3 N–H and O–H groups in total. The van der Waals surface area contributed by atoms with E-state index in [4.69, 9.17) is 34.0 Å². The third-order valence-electron chi connectivity index (χ3n) is 1.88. The maximum absolute atomic E-state index is 10.8. The number of anilines is 1. The quantitative estimate of drug-likeness (QED) is 0.877. The normalized spacial score (nSPS) is 10.6. The SMILES string of the molecule is Nc1cc(-c2cc(Cl)sc2Cl)sc1C(=O)O. The van der Waals surface area contributed by atoms with Gasteiger partial charge in [0.15, 0.2) is 0 Å². The summed E-state index contributed by atoms with van der Waals surface area (Å²) in [6.07, 6.45) is 0. The molecule has 0 atom stereocenters. The van der Waals surface area contributed by atoms with Crippen LogP contribution in [-0.2, 0) is 0 Å². The van der Waals surface area contributed by atoms with E-state index in [1.165, 1.54) is 11.3 Å². The van der Waals surface area contributed by atoms with Crippen LogP contribution in [0.15, 0.2) is 12.1 Å². The Morgan fingerprint density at radius 1 is 1.31 bits per heavy atom. The Hall–Kier alpha value is -0.750. The van der Waals surface area contributed by atoms with Crippen molar-refractivity contribution in [3.8, 4) is 10.4 Å². The molecule has 0 aliphatic carbocycles. The maximum Gasteiger partial charge on any atom is 0.348 e. The number of carboxylic acid groups (broad SMARTS) is 1. The topological polar surface area (TPSA) is 63.3 Å². The highest BCUT2D eigenvalue weighted by atomic mass is 35.5. The van der Waals surface area contributed by atoms with Crippen molar-refractivity contribution in [2.45, 2.75) is 0 Å². The third-order valence-corrected chi connectivity index (χ3v) is 4.54. The number of nitrogens with two attached hydrogens (primary N) is 1. The number of nitrogen functional groups attached to an aromatic ring is 1. The lowest BCUT2D eigenvalue weighted by atomic mass is 10.2. The van der Waals surface area contributed by atoms with Gasteiger partial charge in [-0.3, -0.25) is 0 Å². The third kappa shape index (κ3) is 2.04. The highest BCUT2D eigenvalue weighted by Gasteiger charge is 2.17. The first-order valence-electron chi connectivity index (χ1n) is 4.07. The molecule has 0 unspecified atom stereocenters. The molecule has 7 heteroatoms. The van der Waals surface area contributed by atoms with Crippen molar-refractivity contribution in [3.05, 3.63) is 25.7 Å². The van der Waals surface area contributed by atoms with E-state index in [0.29, 0.717) is 13.5 Å². The number of aromatic carboxylic acids is 1. The fourth-order valence-corrected chi connectivity index (χ4v) is 3.77. The number of carboxylic acids is 1. The summed E-state index contributed by atoms with van der Waals surface area (Å²) in [4.78, 5) is 11.7. The number of carbonyl (C=O) groups is 1. The summed E-state index contributed by atoms with van der Waals surface area (Å²) in [7, 11) is 0. The Morgan fingerprint density at radius 3 is 2.44 bits per heavy atom. The van der Waals surface area contributed by atoms with Crippen LogP contribution in [-0.4, -0.2) is 11.1 Å². The van der Waals surface area contributed by atoms with E-state index in [1.54, 1.807) is 12.1 Å². The van der Waals surface area contributed by atoms with Gasteiger partial charge in [-0.05, 0) is 12.1 Å². The van der Waals surface area contributed by atoms with Gasteiger partial charge in [0.25, 0.3) is 0 Å². The van der Waals surface area contributed by atoms with Crippen molar-refractivity contribution < 1.29 is 9.90 Å². The number of hydrogen-bond acceptors (Lipinski definition) is 4. The smallest absolute Gasteiger partial charge is 0.348 e. The maximum atomic E-state index is 10.8. The monoisotopic (exact) mass is 293 g/mol. The van der Waals surface area contributed by atoms with Gasteiger partial charge in [-0.1, -0.05) is 23.2 Å². The van der Waals surface area contributed by atoms with Gasteiger partial charge < -0.3 is 10.8 Å². The van der Waals surface area contributed by atoms with E-state index in [-0.39, 0.29) is 10.6 Å². The second kappa shape index (κ2) is 4.25. The number of thiophene rings is 2. The van der Waals surface area contributed by atoms with E-state index in [2.05, 4.69) is 0 Å². The van der Waals surface area contributed by atoms with Crippen LogP contribution in [0.3, 0.4) is 0 Å². The molecule has 0 aliphatic rings. The zero-order valence-corrected chi connectivity index (χ0v) is 10.8. The van der Waals surface area contributed by atoms with Crippen molar-refractivity contribution in [1.82, 2.24) is 0 Å². The highest BCUT2D eigenvalue weighted by molar-refractivity contribution is 7.22. The van der Waals surface area contributed by atoms with Gasteiger partial charge in [-0.15, -0.1) is 22.7 Å². The molecule has 0 fully saturated rings. The fraction of sp³-hybridized carbons (Fsp3) is 0. The van der Waals surface area contributed by atoms with E-state index in [9.17, 15) is 4.79 Å². The van der Waals surface area contributed by atoms with Crippen LogP contribution < -0.4 is 5.73 Å². The molecule has 2 aromatic rings. The van der Waals surface area contributed by atoms with Crippen LogP contribution in [0.1, 0.15) is 9.67 Å². The minimum atomic E-state index is -1.04. The molecule has 0 spiro atoms. The fourth-order valence-electron chi connectivity index (χ4n) is 1.21. The second-order valence-corrected chi connectivity index (χ2v) is 6.28. The predicted octanol–water partition coefficient (Wildman–Crippen LogP) is 4.06. The second-order valence-electron chi connectivity index (χ2n) is 2.94. The molecule has 84 valence electrons. The van der Waals surface area contributed by atoms with Gasteiger partial charge in [0.1, 0.15) is 9.21 Å². The largest absolute Gasteiger partial charge is 0.477 e. The van der Waals surface area contributed by atoms with Gasteiger partial charge in [-0.2, -0.15) is 0 Å². The van der Waals surface area contributed by atoms with Crippen LogP contribution >= 0.6 is 45.9 Å². The van der Waals surface area contributed by atoms with Gasteiger partial charge in [0.05, 0.1) is 10.0 Å². The van der Waals surface area contributed by atoms with Crippen LogP contribution in [0.2, 0.25) is 8.67 Å².